The van der Waals surface area contributed by atoms with E-state index in [1.807, 2.05) is 12.1 Å². The summed E-state index contributed by atoms with van der Waals surface area (Å²) < 4.78 is 37.6. The van der Waals surface area contributed by atoms with Crippen molar-refractivity contribution in [1.82, 2.24) is 0 Å². The van der Waals surface area contributed by atoms with Crippen LogP contribution >= 0.6 is 0 Å². The molecule has 1 atom stereocenters. The Balaban J connectivity index is 1.54. The highest BCUT2D eigenvalue weighted by Gasteiger charge is 2.30. The first-order valence-electron chi connectivity index (χ1n) is 12.3. The fourth-order valence-electron chi connectivity index (χ4n) is 4.25. The number of nitrogens with zero attached hydrogens (tertiary/aromatic N) is 1. The maximum absolute atomic E-state index is 13.2. The number of anilines is 2. The fourth-order valence-corrected chi connectivity index (χ4v) is 5.42. The molecule has 0 fully saturated rings. The lowest BCUT2D eigenvalue weighted by Crippen LogP contribution is -2.45. The maximum atomic E-state index is 13.2. The molecule has 200 valence electrons. The summed E-state index contributed by atoms with van der Waals surface area (Å²) in [6.07, 6.45) is 1.04. The highest BCUT2D eigenvalue weighted by molar-refractivity contribution is 7.92. The van der Waals surface area contributed by atoms with Crippen LogP contribution in [-0.2, 0) is 20.2 Å². The molecule has 1 amide bonds. The summed E-state index contributed by atoms with van der Waals surface area (Å²) in [5.74, 6) is 0.199. The minimum atomic E-state index is -3.83. The van der Waals surface area contributed by atoms with Crippen molar-refractivity contribution in [3.8, 4) is 11.5 Å². The second-order valence-electron chi connectivity index (χ2n) is 10.3. The molecule has 3 aromatic rings. The topological polar surface area (TPSA) is 102 Å². The van der Waals surface area contributed by atoms with Gasteiger partial charge in [0.15, 0.2) is 17.3 Å². The summed E-state index contributed by atoms with van der Waals surface area (Å²) in [5.41, 5.74) is 2.71. The normalized spacial score (nSPS) is 13.9. The van der Waals surface area contributed by atoms with E-state index in [1.165, 1.54) is 6.92 Å². The summed E-state index contributed by atoms with van der Waals surface area (Å²) in [6, 6.07) is 17.7. The third-order valence-corrected chi connectivity index (χ3v) is 7.52. The molecule has 9 heteroatoms. The van der Waals surface area contributed by atoms with Gasteiger partial charge in [-0.25, -0.2) is 8.42 Å². The van der Waals surface area contributed by atoms with Crippen molar-refractivity contribution in [3.05, 3.63) is 83.4 Å². The third-order valence-electron chi connectivity index (χ3n) is 6.27. The lowest BCUT2D eigenvalue weighted by Gasteiger charge is -2.29. The summed E-state index contributed by atoms with van der Waals surface area (Å²) in [7, 11) is -3.83. The molecule has 0 saturated heterocycles. The van der Waals surface area contributed by atoms with Crippen LogP contribution in [0.4, 0.5) is 11.4 Å². The average molecular weight is 537 g/mol. The number of sulfonamides is 1. The number of fused-ring (bicyclic) bond motifs is 1. The van der Waals surface area contributed by atoms with Crippen LogP contribution < -0.4 is 19.1 Å². The number of rotatable bonds is 7. The lowest BCUT2D eigenvalue weighted by molar-refractivity contribution is -0.116. The molecule has 0 spiro atoms. The van der Waals surface area contributed by atoms with Crippen LogP contribution in [0.15, 0.2) is 66.7 Å². The van der Waals surface area contributed by atoms with Gasteiger partial charge in [0.05, 0.1) is 11.9 Å². The number of hydrogen-bond acceptors (Lipinski definition) is 6. The number of amides is 1. The van der Waals surface area contributed by atoms with Gasteiger partial charge in [-0.1, -0.05) is 57.2 Å². The molecule has 0 aromatic heterocycles. The molecule has 1 N–H and O–H groups in total. The molecular formula is C29H32N2O6S. The quantitative estimate of drug-likeness (QED) is 0.436. The SMILES string of the molecule is CC(C(=O)Nc1cccc(C(=O)c2ccc(C(C)(C)C)cc2)c1)N(c1ccc2c(c1)OCCO2)S(C)(=O)=O. The minimum absolute atomic E-state index is 0.0256. The molecule has 1 unspecified atom stereocenters. The van der Waals surface area contributed by atoms with Crippen LogP contribution in [0, 0.1) is 0 Å². The molecule has 1 aliphatic rings. The third kappa shape index (κ3) is 5.99. The van der Waals surface area contributed by atoms with Crippen LogP contribution in [0.1, 0.15) is 49.2 Å². The van der Waals surface area contributed by atoms with Gasteiger partial charge < -0.3 is 14.8 Å². The van der Waals surface area contributed by atoms with Crippen LogP contribution in [0.25, 0.3) is 0 Å². The van der Waals surface area contributed by atoms with E-state index in [9.17, 15) is 18.0 Å². The number of carbonyl (C=O) groups excluding carboxylic acids is 2. The van der Waals surface area contributed by atoms with Crippen molar-refractivity contribution in [2.75, 3.05) is 29.1 Å². The van der Waals surface area contributed by atoms with Crippen molar-refractivity contribution in [2.45, 2.75) is 39.2 Å². The smallest absolute Gasteiger partial charge is 0.247 e. The van der Waals surface area contributed by atoms with Crippen molar-refractivity contribution in [3.63, 3.8) is 0 Å². The number of ether oxygens (including phenoxy) is 2. The second kappa shape index (κ2) is 10.5. The van der Waals surface area contributed by atoms with E-state index in [0.29, 0.717) is 41.5 Å². The number of carbonyl (C=O) groups is 2. The largest absolute Gasteiger partial charge is 0.486 e. The molecule has 0 bridgehead atoms. The average Bonchev–Trinajstić information content (AvgIpc) is 2.87. The van der Waals surface area contributed by atoms with Gasteiger partial charge in [-0.3, -0.25) is 13.9 Å². The standard InChI is InChI=1S/C29H32N2O6S/c1-19(31(38(5,34)35)24-13-14-25-26(18-24)37-16-15-36-25)28(33)30-23-8-6-7-21(17-23)27(32)20-9-11-22(12-10-20)29(2,3)4/h6-14,17-19H,15-16H2,1-5H3,(H,30,33). The zero-order valence-corrected chi connectivity index (χ0v) is 23.0. The maximum Gasteiger partial charge on any atom is 0.247 e. The van der Waals surface area contributed by atoms with Gasteiger partial charge in [-0.15, -0.1) is 0 Å². The van der Waals surface area contributed by atoms with E-state index >= 15 is 0 Å². The number of nitrogens with one attached hydrogen (secondary N) is 1. The fraction of sp³-hybridized carbons (Fsp3) is 0.310. The first kappa shape index (κ1) is 27.2. The van der Waals surface area contributed by atoms with Gasteiger partial charge >= 0.3 is 0 Å². The Bertz CT molecular complexity index is 1460. The Morgan fingerprint density at radius 2 is 1.55 bits per heavy atom. The van der Waals surface area contributed by atoms with E-state index in [-0.39, 0.29) is 16.9 Å². The van der Waals surface area contributed by atoms with Crippen molar-refractivity contribution < 1.29 is 27.5 Å². The Labute approximate surface area is 223 Å². The van der Waals surface area contributed by atoms with Gasteiger partial charge in [0.2, 0.25) is 15.9 Å². The van der Waals surface area contributed by atoms with E-state index in [4.69, 9.17) is 9.47 Å². The molecular weight excluding hydrogens is 504 g/mol. The van der Waals surface area contributed by atoms with Gasteiger partial charge in [-0.05, 0) is 42.2 Å². The molecule has 3 aromatic carbocycles. The molecule has 4 rings (SSSR count). The molecule has 1 heterocycles. The molecule has 1 aliphatic heterocycles. The zero-order valence-electron chi connectivity index (χ0n) is 22.1. The highest BCUT2D eigenvalue weighted by atomic mass is 32.2. The van der Waals surface area contributed by atoms with Crippen LogP contribution in [0.5, 0.6) is 11.5 Å². The Morgan fingerprint density at radius 1 is 0.895 bits per heavy atom. The summed E-state index contributed by atoms with van der Waals surface area (Å²) in [6.45, 7) is 8.58. The summed E-state index contributed by atoms with van der Waals surface area (Å²) in [5, 5.41) is 2.75. The monoisotopic (exact) mass is 536 g/mol. The van der Waals surface area contributed by atoms with Crippen LogP contribution in [0.2, 0.25) is 0 Å². The number of benzene rings is 3. The van der Waals surface area contributed by atoms with Crippen LogP contribution in [-0.4, -0.2) is 45.6 Å². The van der Waals surface area contributed by atoms with E-state index in [0.717, 1.165) is 16.1 Å². The van der Waals surface area contributed by atoms with E-state index in [1.54, 1.807) is 54.6 Å². The first-order chi connectivity index (χ1) is 17.8. The second-order valence-corrected chi connectivity index (χ2v) is 12.1. The van der Waals surface area contributed by atoms with Gasteiger partial charge in [0.25, 0.3) is 0 Å². The molecule has 0 saturated carbocycles. The number of ketones is 1. The summed E-state index contributed by atoms with van der Waals surface area (Å²) in [4.78, 5) is 26.3. The van der Waals surface area contributed by atoms with Crippen molar-refractivity contribution >= 4 is 33.1 Å². The highest BCUT2D eigenvalue weighted by Crippen LogP contribution is 2.35. The van der Waals surface area contributed by atoms with Crippen LogP contribution in [0.3, 0.4) is 0 Å². The Morgan fingerprint density at radius 3 is 2.18 bits per heavy atom. The minimum Gasteiger partial charge on any atom is -0.486 e. The molecule has 0 aliphatic carbocycles. The molecule has 38 heavy (non-hydrogen) atoms. The molecule has 8 nitrogen and oxygen atoms in total. The predicted octanol–water partition coefficient (Wildman–Crippen LogP) is 4.78. The number of hydrogen-bond donors (Lipinski definition) is 1. The van der Waals surface area contributed by atoms with Gasteiger partial charge in [-0.2, -0.15) is 0 Å². The predicted molar refractivity (Wildman–Crippen MR) is 148 cm³/mol. The van der Waals surface area contributed by atoms with E-state index < -0.39 is 22.0 Å². The van der Waals surface area contributed by atoms with Gasteiger partial charge in [0, 0.05) is 22.9 Å². The van der Waals surface area contributed by atoms with Crippen molar-refractivity contribution in [1.29, 1.82) is 0 Å². The lowest BCUT2D eigenvalue weighted by atomic mass is 9.86. The first-order valence-corrected chi connectivity index (χ1v) is 14.1. The molecule has 0 radical (unpaired) electrons. The summed E-state index contributed by atoms with van der Waals surface area (Å²) >= 11 is 0. The van der Waals surface area contributed by atoms with Gasteiger partial charge in [0.1, 0.15) is 19.3 Å². The Kier molecular flexibility index (Phi) is 7.51. The van der Waals surface area contributed by atoms with Crippen molar-refractivity contribution in [2.24, 2.45) is 0 Å². The Hall–Kier alpha value is -3.85. The van der Waals surface area contributed by atoms with E-state index in [2.05, 4.69) is 26.1 Å². The zero-order chi connectivity index (χ0) is 27.7.